The molecule has 0 aliphatic rings. The number of para-hydroxylation sites is 1. The number of rotatable bonds is 18. The minimum Gasteiger partial charge on any atom is -0.496 e. The summed E-state index contributed by atoms with van der Waals surface area (Å²) in [4.78, 5) is 60.2. The Bertz CT molecular complexity index is 2600. The van der Waals surface area contributed by atoms with E-state index in [1.807, 2.05) is 38.1 Å². The van der Waals surface area contributed by atoms with Gasteiger partial charge in [-0.1, -0.05) is 86.0 Å². The van der Waals surface area contributed by atoms with Crippen LogP contribution in [0.2, 0.25) is 0 Å². The van der Waals surface area contributed by atoms with Gasteiger partial charge >= 0.3 is 11.9 Å². The molecule has 61 heavy (non-hydrogen) atoms. The Kier molecular flexibility index (Phi) is 14.5. The fourth-order valence-corrected chi connectivity index (χ4v) is 7.61. The SMILES string of the molecule is [C-]#[N+]c1c(C(=O)OCC(=O)OC)c2[nH]c(-c3cc(NC(=O)C(CCCCCC)Oc4ccc(C)cc4C)ccc3OC)nn2c1Sc1ccccc1NC(=O)c1ccccc1. The number of fused-ring (bicyclic) bond motifs is 1. The number of anilines is 2. The maximum atomic E-state index is 13.9. The molecule has 0 saturated carbocycles. The number of aromatic nitrogens is 3. The van der Waals surface area contributed by atoms with E-state index in [4.69, 9.17) is 25.9 Å². The third kappa shape index (κ3) is 10.4. The number of methoxy groups -OCH3 is 2. The van der Waals surface area contributed by atoms with Gasteiger partial charge in [-0.3, -0.25) is 9.59 Å². The molecular formula is C46H46N6O8S. The number of esters is 2. The van der Waals surface area contributed by atoms with E-state index in [0.29, 0.717) is 45.3 Å². The van der Waals surface area contributed by atoms with E-state index in [9.17, 15) is 19.2 Å². The first-order valence-corrected chi connectivity index (χ1v) is 20.5. The zero-order chi connectivity index (χ0) is 43.5. The van der Waals surface area contributed by atoms with E-state index in [-0.39, 0.29) is 39.6 Å². The summed E-state index contributed by atoms with van der Waals surface area (Å²) in [6, 6.07) is 26.7. The number of carbonyl (C=O) groups excluding carboxylic acids is 4. The van der Waals surface area contributed by atoms with Crippen molar-refractivity contribution in [1.82, 2.24) is 14.6 Å². The molecule has 6 aromatic rings. The Balaban J connectivity index is 1.38. The van der Waals surface area contributed by atoms with Gasteiger partial charge in [-0.2, -0.15) is 0 Å². The number of hydrogen-bond donors (Lipinski definition) is 3. The lowest BCUT2D eigenvalue weighted by atomic mass is 10.1. The van der Waals surface area contributed by atoms with Crippen molar-refractivity contribution in [2.75, 3.05) is 31.5 Å². The van der Waals surface area contributed by atoms with Gasteiger partial charge in [0.15, 0.2) is 18.5 Å². The summed E-state index contributed by atoms with van der Waals surface area (Å²) in [5, 5.41) is 11.0. The van der Waals surface area contributed by atoms with Gasteiger partial charge in [-0.05, 0) is 80.8 Å². The number of benzene rings is 4. The number of amides is 2. The van der Waals surface area contributed by atoms with Crippen LogP contribution in [0.3, 0.4) is 0 Å². The molecular weight excluding hydrogens is 797 g/mol. The molecule has 2 amide bonds. The zero-order valence-corrected chi connectivity index (χ0v) is 35.3. The number of H-pyrrole nitrogens is 1. The lowest BCUT2D eigenvalue weighted by molar-refractivity contribution is -0.144. The second kappa shape index (κ2) is 20.3. The van der Waals surface area contributed by atoms with E-state index >= 15 is 0 Å². The van der Waals surface area contributed by atoms with Crippen LogP contribution in [0.15, 0.2) is 101 Å². The monoisotopic (exact) mass is 842 g/mol. The predicted molar refractivity (Wildman–Crippen MR) is 233 cm³/mol. The first-order chi connectivity index (χ1) is 29.5. The van der Waals surface area contributed by atoms with E-state index in [1.54, 1.807) is 66.7 Å². The van der Waals surface area contributed by atoms with Crippen LogP contribution in [0.4, 0.5) is 17.1 Å². The number of aryl methyl sites for hydroxylation is 2. The summed E-state index contributed by atoms with van der Waals surface area (Å²) in [6.07, 6.45) is 3.64. The van der Waals surface area contributed by atoms with E-state index < -0.39 is 24.6 Å². The molecule has 0 radical (unpaired) electrons. The Hall–Kier alpha value is -7.05. The maximum Gasteiger partial charge on any atom is 0.344 e. The highest BCUT2D eigenvalue weighted by Crippen LogP contribution is 2.44. The number of carbonyl (C=O) groups is 4. The van der Waals surface area contributed by atoms with Crippen LogP contribution in [0, 0.1) is 20.4 Å². The predicted octanol–water partition coefficient (Wildman–Crippen LogP) is 9.60. The Labute approximate surface area is 357 Å². The number of hydrogen-bond acceptors (Lipinski definition) is 10. The van der Waals surface area contributed by atoms with Crippen LogP contribution in [0.5, 0.6) is 11.5 Å². The van der Waals surface area contributed by atoms with Gasteiger partial charge < -0.3 is 34.6 Å². The van der Waals surface area contributed by atoms with Crippen molar-refractivity contribution >= 4 is 58.2 Å². The Morgan fingerprint density at radius 2 is 1.66 bits per heavy atom. The molecule has 15 heteroatoms. The molecule has 6 rings (SSSR count). The summed E-state index contributed by atoms with van der Waals surface area (Å²) >= 11 is 1.09. The van der Waals surface area contributed by atoms with Gasteiger partial charge in [0.05, 0.1) is 32.0 Å². The van der Waals surface area contributed by atoms with Crippen LogP contribution in [-0.2, 0) is 19.1 Å². The molecule has 0 spiro atoms. The topological polar surface area (TPSA) is 167 Å². The van der Waals surface area contributed by atoms with Crippen LogP contribution in [0.25, 0.3) is 21.9 Å². The highest BCUT2D eigenvalue weighted by Gasteiger charge is 2.31. The number of ether oxygens (including phenoxy) is 4. The molecule has 314 valence electrons. The number of aromatic amines is 1. The van der Waals surface area contributed by atoms with Crippen LogP contribution >= 0.6 is 11.8 Å². The second-order valence-electron chi connectivity index (χ2n) is 14.1. The van der Waals surface area contributed by atoms with Gasteiger partial charge in [0.1, 0.15) is 27.7 Å². The van der Waals surface area contributed by atoms with E-state index in [2.05, 4.69) is 32.1 Å². The number of nitrogens with one attached hydrogen (secondary N) is 3. The molecule has 1 unspecified atom stereocenters. The Morgan fingerprint density at radius 3 is 2.38 bits per heavy atom. The van der Waals surface area contributed by atoms with Gasteiger partial charge in [-0.25, -0.2) is 18.9 Å². The fraction of sp³-hybridized carbons (Fsp3) is 0.261. The first kappa shape index (κ1) is 43.5. The molecule has 3 N–H and O–H groups in total. The van der Waals surface area contributed by atoms with E-state index in [1.165, 1.54) is 11.6 Å². The summed E-state index contributed by atoms with van der Waals surface area (Å²) in [5.74, 6) is -1.18. The molecule has 2 heterocycles. The average molecular weight is 843 g/mol. The average Bonchev–Trinajstić information content (AvgIpc) is 3.82. The third-order valence-electron chi connectivity index (χ3n) is 9.69. The molecule has 0 aliphatic heterocycles. The normalized spacial score (nSPS) is 11.3. The largest absolute Gasteiger partial charge is 0.496 e. The first-order valence-electron chi connectivity index (χ1n) is 19.7. The molecule has 0 fully saturated rings. The number of unbranched alkanes of at least 4 members (excludes halogenated alkanes) is 3. The highest BCUT2D eigenvalue weighted by atomic mass is 32.2. The molecule has 1 atom stereocenters. The van der Waals surface area contributed by atoms with Crippen molar-refractivity contribution in [3.63, 3.8) is 0 Å². The van der Waals surface area contributed by atoms with Crippen LogP contribution < -0.4 is 20.1 Å². The highest BCUT2D eigenvalue weighted by molar-refractivity contribution is 7.99. The summed E-state index contributed by atoms with van der Waals surface area (Å²) < 4.78 is 23.4. The fourth-order valence-electron chi connectivity index (χ4n) is 6.57. The molecule has 2 aromatic heterocycles. The summed E-state index contributed by atoms with van der Waals surface area (Å²) in [5.41, 5.74) is 3.59. The smallest absolute Gasteiger partial charge is 0.344 e. The van der Waals surface area contributed by atoms with E-state index in [0.717, 1.165) is 55.7 Å². The van der Waals surface area contributed by atoms with Crippen molar-refractivity contribution in [3.8, 4) is 22.9 Å². The van der Waals surface area contributed by atoms with Crippen molar-refractivity contribution in [2.24, 2.45) is 0 Å². The van der Waals surface area contributed by atoms with Gasteiger partial charge in [-0.15, -0.1) is 5.10 Å². The van der Waals surface area contributed by atoms with Crippen LogP contribution in [0.1, 0.15) is 70.9 Å². The zero-order valence-electron chi connectivity index (χ0n) is 34.5. The molecule has 14 nitrogen and oxygen atoms in total. The number of nitrogens with zero attached hydrogens (tertiary/aromatic N) is 3. The van der Waals surface area contributed by atoms with Gasteiger partial charge in [0.2, 0.25) is 5.69 Å². The minimum atomic E-state index is -0.969. The van der Waals surface area contributed by atoms with Crippen molar-refractivity contribution in [3.05, 3.63) is 125 Å². The molecule has 0 aliphatic carbocycles. The lowest BCUT2D eigenvalue weighted by Crippen LogP contribution is -2.33. The molecule has 4 aromatic carbocycles. The summed E-state index contributed by atoms with van der Waals surface area (Å²) in [6.45, 7) is 13.6. The van der Waals surface area contributed by atoms with Gasteiger partial charge in [0, 0.05) is 16.1 Å². The van der Waals surface area contributed by atoms with Gasteiger partial charge in [0.25, 0.3) is 11.8 Å². The van der Waals surface area contributed by atoms with Crippen molar-refractivity contribution < 1.29 is 38.1 Å². The summed E-state index contributed by atoms with van der Waals surface area (Å²) in [7, 11) is 2.66. The Morgan fingerprint density at radius 1 is 0.902 bits per heavy atom. The molecule has 0 saturated heterocycles. The second-order valence-corrected chi connectivity index (χ2v) is 15.1. The van der Waals surface area contributed by atoms with Crippen molar-refractivity contribution in [1.29, 1.82) is 0 Å². The standard InChI is InChI=1S/C46H46N6O8S/c1-7-8-9-13-19-36(60-34-23-21-28(2)25-29(34)3)44(55)48-31-22-24-35(57-5)32(26-31)41-50-42-39(46(56)59-27-38(53)58-6)40(47-4)45(52(42)51-41)61-37-20-15-14-18-33(37)49-43(54)30-16-11-10-12-17-30/h10-12,14-18,20-26,36H,7-9,13,19,27H2,1-3,5-6H3,(H,48,55)(H,49,54)(H,50,51). The van der Waals surface area contributed by atoms with Crippen LogP contribution in [-0.4, -0.2) is 65.3 Å². The third-order valence-corrected chi connectivity index (χ3v) is 10.8. The van der Waals surface area contributed by atoms with Crippen molar-refractivity contribution in [2.45, 2.75) is 68.9 Å². The quantitative estimate of drug-likeness (QED) is 0.0431. The minimum absolute atomic E-state index is 0.0923. The lowest BCUT2D eigenvalue weighted by Gasteiger charge is -2.20. The maximum absolute atomic E-state index is 13.9. The molecule has 0 bridgehead atoms.